The Bertz CT molecular complexity index is 637. The number of alkyl halides is 1. The zero-order valence-electron chi connectivity index (χ0n) is 9.06. The van der Waals surface area contributed by atoms with Crippen molar-refractivity contribution in [2.24, 2.45) is 0 Å². The highest BCUT2D eigenvalue weighted by atomic mass is 79.9. The molecule has 0 atom stereocenters. The van der Waals surface area contributed by atoms with Crippen LogP contribution < -0.4 is 4.72 Å². The van der Waals surface area contributed by atoms with Gasteiger partial charge >= 0.3 is 0 Å². The summed E-state index contributed by atoms with van der Waals surface area (Å²) in [5.74, 6) is 0. The molecule has 1 aromatic heterocycles. The van der Waals surface area contributed by atoms with Crippen molar-refractivity contribution in [2.75, 3.05) is 4.72 Å². The van der Waals surface area contributed by atoms with Crippen molar-refractivity contribution in [1.29, 1.82) is 0 Å². The van der Waals surface area contributed by atoms with Crippen molar-refractivity contribution in [3.63, 3.8) is 0 Å². The lowest BCUT2D eigenvalue weighted by Crippen LogP contribution is -2.11. The van der Waals surface area contributed by atoms with Gasteiger partial charge in [-0.3, -0.25) is 4.72 Å². The first-order chi connectivity index (χ1) is 8.51. The van der Waals surface area contributed by atoms with Crippen molar-refractivity contribution < 1.29 is 8.42 Å². The number of anilines is 1. The van der Waals surface area contributed by atoms with E-state index >= 15 is 0 Å². The quantitative estimate of drug-likeness (QED) is 0.828. The van der Waals surface area contributed by atoms with Crippen molar-refractivity contribution >= 4 is 54.6 Å². The van der Waals surface area contributed by atoms with Crippen LogP contribution in [0.4, 0.5) is 5.69 Å². The van der Waals surface area contributed by atoms with Crippen LogP contribution in [0.2, 0.25) is 4.34 Å². The number of thiophene rings is 1. The van der Waals surface area contributed by atoms with E-state index in [0.717, 1.165) is 22.2 Å². The van der Waals surface area contributed by atoms with Gasteiger partial charge in [-0.15, -0.1) is 11.3 Å². The number of halogens is 2. The van der Waals surface area contributed by atoms with Crippen LogP contribution in [0.15, 0.2) is 40.6 Å². The smallest absolute Gasteiger partial charge is 0.271 e. The molecule has 7 heteroatoms. The number of hydrogen-bond donors (Lipinski definition) is 1. The zero-order chi connectivity index (χ0) is 13.2. The fourth-order valence-electron chi connectivity index (χ4n) is 1.31. The van der Waals surface area contributed by atoms with E-state index in [1.165, 1.54) is 6.07 Å². The molecule has 2 rings (SSSR count). The molecule has 0 aliphatic carbocycles. The summed E-state index contributed by atoms with van der Waals surface area (Å²) in [5, 5.41) is 0.737. The summed E-state index contributed by atoms with van der Waals surface area (Å²) in [6, 6.07) is 10.2. The molecule has 1 N–H and O–H groups in total. The minimum absolute atomic E-state index is 0.206. The minimum atomic E-state index is -3.54. The summed E-state index contributed by atoms with van der Waals surface area (Å²) >= 11 is 10.1. The van der Waals surface area contributed by atoms with Crippen LogP contribution in [-0.2, 0) is 15.4 Å². The fraction of sp³-hybridized carbons (Fsp3) is 0.0909. The Hall–Kier alpha value is -0.560. The zero-order valence-corrected chi connectivity index (χ0v) is 13.0. The standard InChI is InChI=1S/C11H9BrClNO2S2/c12-7-8-1-3-9(4-2-8)14-18(15,16)11-6-5-10(13)17-11/h1-6,14H,7H2. The molecule has 0 spiro atoms. The van der Waals surface area contributed by atoms with Crippen molar-refractivity contribution in [3.05, 3.63) is 46.3 Å². The van der Waals surface area contributed by atoms with Gasteiger partial charge in [0.25, 0.3) is 10.0 Å². The monoisotopic (exact) mass is 365 g/mol. The molecule has 0 fully saturated rings. The van der Waals surface area contributed by atoms with Crippen LogP contribution in [-0.4, -0.2) is 8.42 Å². The molecule has 0 aliphatic heterocycles. The van der Waals surface area contributed by atoms with Gasteiger partial charge in [-0.05, 0) is 29.8 Å². The van der Waals surface area contributed by atoms with Crippen LogP contribution in [0.3, 0.4) is 0 Å². The molecule has 0 aliphatic rings. The highest BCUT2D eigenvalue weighted by molar-refractivity contribution is 9.08. The van der Waals surface area contributed by atoms with E-state index in [4.69, 9.17) is 11.6 Å². The summed E-state index contributed by atoms with van der Waals surface area (Å²) in [6.45, 7) is 0. The Morgan fingerprint density at radius 1 is 1.17 bits per heavy atom. The average Bonchev–Trinajstić information content (AvgIpc) is 2.77. The predicted octanol–water partition coefficient (Wildman–Crippen LogP) is 4.10. The highest BCUT2D eigenvalue weighted by Gasteiger charge is 2.16. The van der Waals surface area contributed by atoms with E-state index in [2.05, 4.69) is 20.7 Å². The molecule has 18 heavy (non-hydrogen) atoms. The second-order valence-corrected chi connectivity index (χ2v) is 7.68. The minimum Gasteiger partial charge on any atom is -0.279 e. The van der Waals surface area contributed by atoms with E-state index in [9.17, 15) is 8.42 Å². The van der Waals surface area contributed by atoms with Crippen LogP contribution in [0.1, 0.15) is 5.56 Å². The van der Waals surface area contributed by atoms with Gasteiger partial charge in [0.05, 0.1) is 4.34 Å². The third-order valence-corrected chi connectivity index (χ3v) is 5.93. The molecule has 96 valence electrons. The second-order valence-electron chi connectivity index (χ2n) is 3.49. The third kappa shape index (κ3) is 3.26. The van der Waals surface area contributed by atoms with Gasteiger partial charge in [0.15, 0.2) is 0 Å². The van der Waals surface area contributed by atoms with E-state index in [-0.39, 0.29) is 4.21 Å². The van der Waals surface area contributed by atoms with Crippen molar-refractivity contribution in [3.8, 4) is 0 Å². The fourth-order valence-corrected chi connectivity index (χ4v) is 4.22. The second kappa shape index (κ2) is 5.61. The molecule has 0 bridgehead atoms. The molecule has 0 radical (unpaired) electrons. The molecule has 0 saturated heterocycles. The summed E-state index contributed by atoms with van der Waals surface area (Å²) in [6.07, 6.45) is 0. The Morgan fingerprint density at radius 3 is 2.33 bits per heavy atom. The van der Waals surface area contributed by atoms with Crippen LogP contribution >= 0.6 is 38.9 Å². The van der Waals surface area contributed by atoms with Gasteiger partial charge in [0, 0.05) is 11.0 Å². The van der Waals surface area contributed by atoms with Gasteiger partial charge in [0.2, 0.25) is 0 Å². The molecule has 3 nitrogen and oxygen atoms in total. The molecule has 1 aromatic carbocycles. The van der Waals surface area contributed by atoms with Gasteiger partial charge in [-0.1, -0.05) is 39.7 Å². The van der Waals surface area contributed by atoms with Gasteiger partial charge in [-0.2, -0.15) is 0 Å². The maximum Gasteiger partial charge on any atom is 0.271 e. The summed E-state index contributed by atoms with van der Waals surface area (Å²) in [4.78, 5) is 0. The number of hydrogen-bond acceptors (Lipinski definition) is 3. The highest BCUT2D eigenvalue weighted by Crippen LogP contribution is 2.27. The Balaban J connectivity index is 2.22. The van der Waals surface area contributed by atoms with Crippen LogP contribution in [0.25, 0.3) is 0 Å². The van der Waals surface area contributed by atoms with Gasteiger partial charge in [-0.25, -0.2) is 8.42 Å². The van der Waals surface area contributed by atoms with Crippen molar-refractivity contribution in [2.45, 2.75) is 9.54 Å². The third-order valence-electron chi connectivity index (χ3n) is 2.17. The summed E-state index contributed by atoms with van der Waals surface area (Å²) < 4.78 is 27.2. The van der Waals surface area contributed by atoms with Gasteiger partial charge in [0.1, 0.15) is 4.21 Å². The van der Waals surface area contributed by atoms with E-state index in [1.54, 1.807) is 18.2 Å². The summed E-state index contributed by atoms with van der Waals surface area (Å²) in [7, 11) is -3.54. The van der Waals surface area contributed by atoms with Gasteiger partial charge < -0.3 is 0 Å². The topological polar surface area (TPSA) is 46.2 Å². The lowest BCUT2D eigenvalue weighted by molar-refractivity contribution is 0.603. The largest absolute Gasteiger partial charge is 0.279 e. The molecular weight excluding hydrogens is 358 g/mol. The number of sulfonamides is 1. The number of benzene rings is 1. The molecule has 2 aromatic rings. The maximum absolute atomic E-state index is 12.0. The number of nitrogens with one attached hydrogen (secondary N) is 1. The van der Waals surface area contributed by atoms with E-state index in [0.29, 0.717) is 10.0 Å². The lowest BCUT2D eigenvalue weighted by Gasteiger charge is -2.06. The van der Waals surface area contributed by atoms with E-state index in [1.807, 2.05) is 12.1 Å². The molecule has 0 unspecified atom stereocenters. The average molecular weight is 367 g/mol. The van der Waals surface area contributed by atoms with Crippen LogP contribution in [0.5, 0.6) is 0 Å². The number of rotatable bonds is 4. The molecule has 1 heterocycles. The summed E-state index contributed by atoms with van der Waals surface area (Å²) in [5.41, 5.74) is 1.61. The first-order valence-electron chi connectivity index (χ1n) is 4.94. The first-order valence-corrected chi connectivity index (χ1v) is 8.74. The predicted molar refractivity (Wildman–Crippen MR) is 79.2 cm³/mol. The SMILES string of the molecule is O=S(=O)(Nc1ccc(CBr)cc1)c1ccc(Cl)s1. The van der Waals surface area contributed by atoms with Crippen molar-refractivity contribution in [1.82, 2.24) is 0 Å². The molecule has 0 saturated carbocycles. The Labute approximate surface area is 123 Å². The Morgan fingerprint density at radius 2 is 1.83 bits per heavy atom. The normalized spacial score (nSPS) is 11.4. The molecule has 0 amide bonds. The van der Waals surface area contributed by atoms with E-state index < -0.39 is 10.0 Å². The lowest BCUT2D eigenvalue weighted by atomic mass is 10.2. The molecular formula is C11H9BrClNO2S2. The van der Waals surface area contributed by atoms with Crippen LogP contribution in [0, 0.1) is 0 Å². The maximum atomic E-state index is 12.0. The first kappa shape index (κ1) is 13.9. The Kier molecular flexibility index (Phi) is 4.32.